The van der Waals surface area contributed by atoms with Crippen molar-refractivity contribution in [3.05, 3.63) is 27.7 Å². The van der Waals surface area contributed by atoms with E-state index in [4.69, 9.17) is 11.6 Å². The molecule has 0 atom stereocenters. The summed E-state index contributed by atoms with van der Waals surface area (Å²) in [5.41, 5.74) is -0.616. The Labute approximate surface area is 137 Å². The van der Waals surface area contributed by atoms with Crippen LogP contribution in [0.2, 0.25) is 5.02 Å². The fourth-order valence-corrected chi connectivity index (χ4v) is 5.19. The number of sulfonamides is 1. The molecule has 0 saturated carbocycles. The molecule has 0 aromatic heterocycles. The van der Waals surface area contributed by atoms with Gasteiger partial charge in [0.1, 0.15) is 4.90 Å². The molecule has 0 saturated heterocycles. The molecular weight excluding hydrogens is 473 g/mol. The predicted molar refractivity (Wildman–Crippen MR) is 85.5 cm³/mol. The maximum atomic E-state index is 12.2. The standard InChI is InChI=1S/C10H11Br3ClNO2S/c1-10(5-11,6-12)15-18(16,17)9-3-2-7(13)4-8(9)14/h2-4,15H,5-6H2,1H3. The van der Waals surface area contributed by atoms with Crippen molar-refractivity contribution < 1.29 is 8.42 Å². The van der Waals surface area contributed by atoms with Crippen LogP contribution in [0.4, 0.5) is 0 Å². The molecule has 0 heterocycles. The number of halogens is 4. The van der Waals surface area contributed by atoms with Crippen LogP contribution in [0, 0.1) is 0 Å². The first-order valence-electron chi connectivity index (χ1n) is 4.85. The minimum atomic E-state index is -3.65. The lowest BCUT2D eigenvalue weighted by Gasteiger charge is -2.26. The molecule has 0 amide bonds. The van der Waals surface area contributed by atoms with E-state index in [1.54, 1.807) is 19.1 Å². The summed E-state index contributed by atoms with van der Waals surface area (Å²) in [6, 6.07) is 4.66. The summed E-state index contributed by atoms with van der Waals surface area (Å²) in [4.78, 5) is 0.0699. The largest absolute Gasteiger partial charge is 0.242 e. The van der Waals surface area contributed by atoms with Crippen LogP contribution >= 0.6 is 59.4 Å². The van der Waals surface area contributed by atoms with Crippen molar-refractivity contribution in [1.29, 1.82) is 0 Å². The molecule has 18 heavy (non-hydrogen) atoms. The molecule has 8 heteroatoms. The molecule has 0 radical (unpaired) electrons. The summed E-state index contributed by atoms with van der Waals surface area (Å²) in [5.74, 6) is 0. The smallest absolute Gasteiger partial charge is 0.207 e. The van der Waals surface area contributed by atoms with Gasteiger partial charge >= 0.3 is 0 Å². The Morgan fingerprint density at radius 1 is 1.33 bits per heavy atom. The molecule has 0 spiro atoms. The van der Waals surface area contributed by atoms with Gasteiger partial charge in [-0.05, 0) is 25.1 Å². The fraction of sp³-hybridized carbons (Fsp3) is 0.400. The van der Waals surface area contributed by atoms with Crippen molar-refractivity contribution in [3.8, 4) is 0 Å². The topological polar surface area (TPSA) is 46.2 Å². The molecule has 1 N–H and O–H groups in total. The van der Waals surface area contributed by atoms with Gasteiger partial charge < -0.3 is 0 Å². The zero-order chi connectivity index (χ0) is 14.0. The summed E-state index contributed by atoms with van der Waals surface area (Å²) < 4.78 is 27.8. The third-order valence-electron chi connectivity index (χ3n) is 2.15. The van der Waals surface area contributed by atoms with Crippen molar-refractivity contribution in [2.75, 3.05) is 10.7 Å². The van der Waals surface area contributed by atoms with E-state index < -0.39 is 15.6 Å². The average molecular weight is 484 g/mol. The lowest BCUT2D eigenvalue weighted by Crippen LogP contribution is -2.48. The maximum absolute atomic E-state index is 12.2. The van der Waals surface area contributed by atoms with Gasteiger partial charge in [-0.25, -0.2) is 13.1 Å². The van der Waals surface area contributed by atoms with Gasteiger partial charge in [-0.2, -0.15) is 0 Å². The van der Waals surface area contributed by atoms with Crippen LogP contribution in [0.25, 0.3) is 0 Å². The third kappa shape index (κ3) is 4.18. The second kappa shape index (κ2) is 6.54. The van der Waals surface area contributed by atoms with E-state index >= 15 is 0 Å². The van der Waals surface area contributed by atoms with Gasteiger partial charge in [-0.1, -0.05) is 59.4 Å². The first-order valence-corrected chi connectivity index (χ1v) is 9.75. The Hall–Kier alpha value is 0.860. The quantitative estimate of drug-likeness (QED) is 0.644. The maximum Gasteiger partial charge on any atom is 0.242 e. The lowest BCUT2D eigenvalue weighted by molar-refractivity contribution is 0.509. The summed E-state index contributed by atoms with van der Waals surface area (Å²) >= 11 is 15.8. The van der Waals surface area contributed by atoms with Crippen LogP contribution in [-0.4, -0.2) is 24.6 Å². The average Bonchev–Trinajstić information content (AvgIpc) is 2.27. The first kappa shape index (κ1) is 16.9. The van der Waals surface area contributed by atoms with Crippen LogP contribution in [0.5, 0.6) is 0 Å². The third-order valence-corrected chi connectivity index (χ3v) is 7.24. The Morgan fingerprint density at radius 2 is 1.89 bits per heavy atom. The molecule has 0 bridgehead atoms. The monoisotopic (exact) mass is 481 g/mol. The summed E-state index contributed by atoms with van der Waals surface area (Å²) in [6.45, 7) is 1.79. The molecule has 0 aliphatic carbocycles. The van der Waals surface area contributed by atoms with E-state index in [0.717, 1.165) is 4.47 Å². The molecule has 0 unspecified atom stereocenters. The van der Waals surface area contributed by atoms with Crippen LogP contribution in [0.3, 0.4) is 0 Å². The van der Waals surface area contributed by atoms with Crippen molar-refractivity contribution >= 4 is 69.4 Å². The Morgan fingerprint density at radius 3 is 2.33 bits per heavy atom. The zero-order valence-electron chi connectivity index (χ0n) is 9.38. The van der Waals surface area contributed by atoms with Crippen molar-refractivity contribution in [2.45, 2.75) is 17.4 Å². The van der Waals surface area contributed by atoms with Crippen LogP contribution in [0.1, 0.15) is 6.92 Å². The fourth-order valence-electron chi connectivity index (χ4n) is 1.16. The Bertz CT molecular complexity index is 532. The first-order chi connectivity index (χ1) is 8.24. The summed E-state index contributed by atoms with van der Waals surface area (Å²) in [6.07, 6.45) is 0. The Kier molecular flexibility index (Phi) is 6.15. The highest BCUT2D eigenvalue weighted by atomic mass is 79.9. The van der Waals surface area contributed by atoms with Crippen LogP contribution in [-0.2, 0) is 10.0 Å². The van der Waals surface area contributed by atoms with Gasteiger partial charge in [0.05, 0.1) is 5.02 Å². The SMILES string of the molecule is CC(CBr)(CBr)NS(=O)(=O)c1ccc(Br)cc1Cl. The predicted octanol–water partition coefficient (Wildman–Crippen LogP) is 3.93. The molecule has 1 aromatic carbocycles. The van der Waals surface area contributed by atoms with E-state index in [-0.39, 0.29) is 9.92 Å². The second-order valence-electron chi connectivity index (χ2n) is 4.01. The summed E-state index contributed by atoms with van der Waals surface area (Å²) in [7, 11) is -3.65. The van der Waals surface area contributed by atoms with Crippen molar-refractivity contribution in [1.82, 2.24) is 4.72 Å². The van der Waals surface area contributed by atoms with E-state index in [2.05, 4.69) is 52.5 Å². The molecule has 1 aromatic rings. The normalized spacial score (nSPS) is 12.7. The van der Waals surface area contributed by atoms with Crippen molar-refractivity contribution in [3.63, 3.8) is 0 Å². The molecule has 1 rings (SSSR count). The van der Waals surface area contributed by atoms with E-state index in [9.17, 15) is 8.42 Å². The molecule has 0 aliphatic heterocycles. The number of benzene rings is 1. The van der Waals surface area contributed by atoms with Gasteiger partial charge in [-0.3, -0.25) is 0 Å². The highest BCUT2D eigenvalue weighted by Gasteiger charge is 2.30. The Balaban J connectivity index is 3.15. The number of hydrogen-bond acceptors (Lipinski definition) is 2. The van der Waals surface area contributed by atoms with Gasteiger partial charge in [-0.15, -0.1) is 0 Å². The highest BCUT2D eigenvalue weighted by molar-refractivity contribution is 9.10. The van der Waals surface area contributed by atoms with Gasteiger partial charge in [0.15, 0.2) is 0 Å². The lowest BCUT2D eigenvalue weighted by atomic mass is 10.1. The molecule has 0 aliphatic rings. The van der Waals surface area contributed by atoms with Crippen molar-refractivity contribution in [2.24, 2.45) is 0 Å². The van der Waals surface area contributed by atoms with E-state index in [1.165, 1.54) is 6.07 Å². The zero-order valence-corrected chi connectivity index (χ0v) is 15.7. The highest BCUT2D eigenvalue weighted by Crippen LogP contribution is 2.26. The molecule has 3 nitrogen and oxygen atoms in total. The van der Waals surface area contributed by atoms with E-state index in [1.807, 2.05) is 0 Å². The van der Waals surface area contributed by atoms with Crippen LogP contribution in [0.15, 0.2) is 27.6 Å². The number of nitrogens with one attached hydrogen (secondary N) is 1. The molecule has 102 valence electrons. The minimum Gasteiger partial charge on any atom is -0.207 e. The van der Waals surface area contributed by atoms with Gasteiger partial charge in [0.25, 0.3) is 0 Å². The second-order valence-corrected chi connectivity index (χ2v) is 8.10. The van der Waals surface area contributed by atoms with Crippen LogP contribution < -0.4 is 4.72 Å². The summed E-state index contributed by atoms with van der Waals surface area (Å²) in [5, 5.41) is 1.15. The number of rotatable bonds is 5. The minimum absolute atomic E-state index is 0.0699. The van der Waals surface area contributed by atoms with Gasteiger partial charge in [0.2, 0.25) is 10.0 Å². The van der Waals surface area contributed by atoms with Gasteiger partial charge in [0, 0.05) is 20.7 Å². The molecular formula is C10H11Br3ClNO2S. The molecule has 0 fully saturated rings. The van der Waals surface area contributed by atoms with E-state index in [0.29, 0.717) is 10.7 Å². The number of alkyl halides is 2. The number of hydrogen-bond donors (Lipinski definition) is 1.